The first kappa shape index (κ1) is 18.5. The van der Waals surface area contributed by atoms with Gasteiger partial charge in [-0.25, -0.2) is 4.99 Å². The number of amides is 1. The van der Waals surface area contributed by atoms with Crippen LogP contribution in [0.2, 0.25) is 0 Å². The average Bonchev–Trinajstić information content (AvgIpc) is 2.68. The van der Waals surface area contributed by atoms with Crippen molar-refractivity contribution in [3.63, 3.8) is 0 Å². The normalized spacial score (nSPS) is 22.1. The van der Waals surface area contributed by atoms with Crippen LogP contribution in [0.3, 0.4) is 0 Å². The minimum Gasteiger partial charge on any atom is -0.494 e. The molecule has 0 fully saturated rings. The fraction of sp³-hybridized carbons (Fsp3) is 0.286. The Morgan fingerprint density at radius 2 is 2.00 bits per heavy atom. The second kappa shape index (κ2) is 7.12. The third kappa shape index (κ3) is 3.24. The van der Waals surface area contributed by atoms with Crippen LogP contribution in [0.25, 0.3) is 0 Å². The molecule has 1 amide bonds. The first-order valence-electron chi connectivity index (χ1n) is 8.77. The van der Waals surface area contributed by atoms with Gasteiger partial charge in [0.2, 0.25) is 5.91 Å². The lowest BCUT2D eigenvalue weighted by atomic mass is 9.74. The second-order valence-corrected chi connectivity index (χ2v) is 6.64. The highest BCUT2D eigenvalue weighted by molar-refractivity contribution is 6.02. The number of rotatable bonds is 4. The van der Waals surface area contributed by atoms with E-state index in [4.69, 9.17) is 10.5 Å². The Hall–Kier alpha value is -3.33. The van der Waals surface area contributed by atoms with Crippen LogP contribution in [0.1, 0.15) is 36.5 Å². The highest BCUT2D eigenvalue weighted by Gasteiger charge is 2.47. The standard InChI is InChI=1S/C21H22N4O2/c1-4-27-17-10-8-15(9-11-17)18-19(26)25(3)20(23)24-21(18,2)16-7-5-6-14(12-16)13-22/h5-12,18H,4H2,1-3H3,(H2,23,24)/t18-,21+/m0/s1. The van der Waals surface area contributed by atoms with Gasteiger partial charge in [-0.2, -0.15) is 5.26 Å². The van der Waals surface area contributed by atoms with Crippen LogP contribution in [-0.4, -0.2) is 30.4 Å². The lowest BCUT2D eigenvalue weighted by Crippen LogP contribution is -2.52. The van der Waals surface area contributed by atoms with E-state index in [1.165, 1.54) is 4.90 Å². The van der Waals surface area contributed by atoms with Gasteiger partial charge in [-0.3, -0.25) is 9.69 Å². The first-order chi connectivity index (χ1) is 12.9. The number of likely N-dealkylation sites (N-methyl/N-ethyl adjacent to an activating group) is 1. The van der Waals surface area contributed by atoms with Crippen LogP contribution < -0.4 is 10.5 Å². The second-order valence-electron chi connectivity index (χ2n) is 6.64. The van der Waals surface area contributed by atoms with E-state index in [0.717, 1.165) is 16.9 Å². The van der Waals surface area contributed by atoms with Gasteiger partial charge in [-0.15, -0.1) is 0 Å². The number of nitrogens with two attached hydrogens (primary N) is 1. The van der Waals surface area contributed by atoms with Crippen molar-refractivity contribution in [1.29, 1.82) is 5.26 Å². The van der Waals surface area contributed by atoms with Gasteiger partial charge in [-0.1, -0.05) is 24.3 Å². The fourth-order valence-corrected chi connectivity index (χ4v) is 3.45. The number of carbonyl (C=O) groups is 1. The average molecular weight is 362 g/mol. The molecule has 3 rings (SSSR count). The van der Waals surface area contributed by atoms with Crippen LogP contribution in [0.5, 0.6) is 5.75 Å². The lowest BCUT2D eigenvalue weighted by Gasteiger charge is -2.41. The number of nitrogens with zero attached hydrogens (tertiary/aromatic N) is 3. The number of carbonyl (C=O) groups excluding carboxylic acids is 1. The summed E-state index contributed by atoms with van der Waals surface area (Å²) in [6.07, 6.45) is 0. The molecule has 0 radical (unpaired) electrons. The van der Waals surface area contributed by atoms with Crippen molar-refractivity contribution in [2.24, 2.45) is 10.7 Å². The zero-order valence-corrected chi connectivity index (χ0v) is 15.6. The van der Waals surface area contributed by atoms with Crippen LogP contribution in [0.4, 0.5) is 0 Å². The summed E-state index contributed by atoms with van der Waals surface area (Å²) in [5, 5.41) is 9.25. The van der Waals surface area contributed by atoms with E-state index in [1.54, 1.807) is 25.2 Å². The molecule has 0 unspecified atom stereocenters. The van der Waals surface area contributed by atoms with Gasteiger partial charge in [0.25, 0.3) is 0 Å². The van der Waals surface area contributed by atoms with Crippen molar-refractivity contribution in [3.05, 3.63) is 65.2 Å². The smallest absolute Gasteiger partial charge is 0.239 e. The van der Waals surface area contributed by atoms with Crippen molar-refractivity contribution < 1.29 is 9.53 Å². The van der Waals surface area contributed by atoms with Crippen molar-refractivity contribution in [3.8, 4) is 11.8 Å². The fourth-order valence-electron chi connectivity index (χ4n) is 3.45. The largest absolute Gasteiger partial charge is 0.494 e. The molecule has 0 saturated carbocycles. The Bertz CT molecular complexity index is 930. The van der Waals surface area contributed by atoms with E-state index in [1.807, 2.05) is 44.2 Å². The van der Waals surface area contributed by atoms with E-state index >= 15 is 0 Å². The molecule has 0 aromatic heterocycles. The van der Waals surface area contributed by atoms with Gasteiger partial charge in [0.1, 0.15) is 11.3 Å². The Balaban J connectivity index is 2.15. The summed E-state index contributed by atoms with van der Waals surface area (Å²) in [5.74, 6) is 0.192. The van der Waals surface area contributed by atoms with E-state index in [9.17, 15) is 10.1 Å². The number of hydrogen-bond donors (Lipinski definition) is 1. The van der Waals surface area contributed by atoms with E-state index in [0.29, 0.717) is 12.2 Å². The predicted octanol–water partition coefficient (Wildman–Crippen LogP) is 2.74. The molecule has 2 aromatic carbocycles. The van der Waals surface area contributed by atoms with Gasteiger partial charge in [0.15, 0.2) is 5.96 Å². The first-order valence-corrected chi connectivity index (χ1v) is 8.77. The number of ether oxygens (including phenoxy) is 1. The lowest BCUT2D eigenvalue weighted by molar-refractivity contribution is -0.130. The van der Waals surface area contributed by atoms with Crippen molar-refractivity contribution >= 4 is 11.9 Å². The molecular formula is C21H22N4O2. The van der Waals surface area contributed by atoms with Crippen LogP contribution in [0.15, 0.2) is 53.5 Å². The van der Waals surface area contributed by atoms with E-state index in [-0.39, 0.29) is 11.9 Å². The molecule has 1 heterocycles. The maximum Gasteiger partial charge on any atom is 0.239 e. The predicted molar refractivity (Wildman–Crippen MR) is 103 cm³/mol. The molecule has 6 nitrogen and oxygen atoms in total. The van der Waals surface area contributed by atoms with Gasteiger partial charge < -0.3 is 10.5 Å². The summed E-state index contributed by atoms with van der Waals surface area (Å²) in [5.41, 5.74) is 7.20. The Kier molecular flexibility index (Phi) is 4.87. The minimum atomic E-state index is -0.923. The summed E-state index contributed by atoms with van der Waals surface area (Å²) >= 11 is 0. The molecule has 0 saturated heterocycles. The number of guanidine groups is 1. The van der Waals surface area contributed by atoms with Crippen molar-refractivity contribution in [1.82, 2.24) is 4.90 Å². The van der Waals surface area contributed by atoms with Crippen LogP contribution >= 0.6 is 0 Å². The van der Waals surface area contributed by atoms with Gasteiger partial charge in [-0.05, 0) is 49.2 Å². The minimum absolute atomic E-state index is 0.142. The maximum atomic E-state index is 13.2. The van der Waals surface area contributed by atoms with E-state index in [2.05, 4.69) is 11.1 Å². The molecular weight excluding hydrogens is 340 g/mol. The van der Waals surface area contributed by atoms with Gasteiger partial charge >= 0.3 is 0 Å². The highest BCUT2D eigenvalue weighted by Crippen LogP contribution is 2.44. The van der Waals surface area contributed by atoms with Crippen molar-refractivity contribution in [2.75, 3.05) is 13.7 Å². The number of aliphatic imine (C=N–C) groups is 1. The van der Waals surface area contributed by atoms with Crippen LogP contribution in [-0.2, 0) is 10.3 Å². The molecule has 1 aliphatic rings. The molecule has 0 bridgehead atoms. The topological polar surface area (TPSA) is 91.7 Å². The Morgan fingerprint density at radius 1 is 1.30 bits per heavy atom. The summed E-state index contributed by atoms with van der Waals surface area (Å²) in [7, 11) is 1.62. The molecule has 2 aromatic rings. The monoisotopic (exact) mass is 362 g/mol. The SMILES string of the molecule is CCOc1ccc([C@H]2C(=O)N(C)C(N)=N[C@]2(C)c2cccc(C#N)c2)cc1. The maximum absolute atomic E-state index is 13.2. The number of nitriles is 1. The molecule has 0 spiro atoms. The zero-order valence-electron chi connectivity index (χ0n) is 15.6. The third-order valence-electron chi connectivity index (χ3n) is 4.93. The van der Waals surface area contributed by atoms with Gasteiger partial charge in [0, 0.05) is 7.05 Å². The third-order valence-corrected chi connectivity index (χ3v) is 4.93. The highest BCUT2D eigenvalue weighted by atomic mass is 16.5. The van der Waals surface area contributed by atoms with Crippen molar-refractivity contribution in [2.45, 2.75) is 25.3 Å². The van der Waals surface area contributed by atoms with Crippen LogP contribution in [0, 0.1) is 11.3 Å². The molecule has 27 heavy (non-hydrogen) atoms. The van der Waals surface area contributed by atoms with E-state index < -0.39 is 11.5 Å². The molecule has 2 N–H and O–H groups in total. The molecule has 2 atom stereocenters. The Morgan fingerprint density at radius 3 is 2.63 bits per heavy atom. The molecule has 6 heteroatoms. The quantitative estimate of drug-likeness (QED) is 0.905. The molecule has 1 aliphatic heterocycles. The summed E-state index contributed by atoms with van der Waals surface area (Å²) in [4.78, 5) is 19.2. The van der Waals surface area contributed by atoms with Gasteiger partial charge in [0.05, 0.1) is 24.2 Å². The molecule has 138 valence electrons. The zero-order chi connectivity index (χ0) is 19.6. The molecule has 0 aliphatic carbocycles. The summed E-state index contributed by atoms with van der Waals surface area (Å²) < 4.78 is 5.50. The number of benzene rings is 2. The summed E-state index contributed by atoms with van der Waals surface area (Å²) in [6, 6.07) is 16.7. The summed E-state index contributed by atoms with van der Waals surface area (Å²) in [6.45, 7) is 4.37. The number of hydrogen-bond acceptors (Lipinski definition) is 5. The Labute approximate surface area is 158 Å².